The summed E-state index contributed by atoms with van der Waals surface area (Å²) in [5.74, 6) is 1.37. The number of oxazole rings is 1. The van der Waals surface area contributed by atoms with Crippen LogP contribution in [-0.4, -0.2) is 42.0 Å². The van der Waals surface area contributed by atoms with Crippen LogP contribution in [0.3, 0.4) is 0 Å². The lowest BCUT2D eigenvalue weighted by Crippen LogP contribution is -2.44. The van der Waals surface area contributed by atoms with E-state index in [2.05, 4.69) is 15.6 Å². The van der Waals surface area contributed by atoms with Gasteiger partial charge in [-0.1, -0.05) is 26.0 Å². The summed E-state index contributed by atoms with van der Waals surface area (Å²) in [7, 11) is 1.51. The second-order valence-electron chi connectivity index (χ2n) is 7.39. The van der Waals surface area contributed by atoms with Crippen LogP contribution in [0.4, 0.5) is 5.69 Å². The molecule has 0 aliphatic rings. The molecule has 31 heavy (non-hydrogen) atoms. The van der Waals surface area contributed by atoms with Crippen molar-refractivity contribution in [1.29, 1.82) is 0 Å². The number of hydrogen-bond donors (Lipinski definition) is 2. The second kappa shape index (κ2) is 10.3. The first-order valence-electron chi connectivity index (χ1n) is 10.1. The molecule has 1 heterocycles. The highest BCUT2D eigenvalue weighted by atomic mass is 32.2. The normalized spacial score (nSPS) is 12.0. The minimum Gasteiger partial charge on any atom is -0.496 e. The largest absolute Gasteiger partial charge is 0.496 e. The zero-order valence-corrected chi connectivity index (χ0v) is 18.9. The summed E-state index contributed by atoms with van der Waals surface area (Å²) in [4.78, 5) is 30.3. The third-order valence-electron chi connectivity index (χ3n) is 4.75. The summed E-state index contributed by atoms with van der Waals surface area (Å²) in [6.07, 6.45) is 2.46. The number of nitrogens with zero attached hydrogens (tertiary/aromatic N) is 1. The molecule has 3 rings (SSSR count). The predicted molar refractivity (Wildman–Crippen MR) is 124 cm³/mol. The number of anilines is 1. The van der Waals surface area contributed by atoms with Crippen LogP contribution in [0.5, 0.6) is 5.75 Å². The van der Waals surface area contributed by atoms with Crippen molar-refractivity contribution in [2.45, 2.75) is 32.2 Å². The fraction of sp³-hybridized carbons (Fsp3) is 0.348. The van der Waals surface area contributed by atoms with Crippen molar-refractivity contribution in [3.05, 3.63) is 53.9 Å². The van der Waals surface area contributed by atoms with Crippen molar-refractivity contribution in [1.82, 2.24) is 10.3 Å². The molecule has 1 aromatic heterocycles. The van der Waals surface area contributed by atoms with Crippen molar-refractivity contribution < 1.29 is 18.7 Å². The number of para-hydroxylation sites is 1. The number of benzene rings is 2. The van der Waals surface area contributed by atoms with Crippen LogP contribution in [0.1, 0.15) is 42.4 Å². The predicted octanol–water partition coefficient (Wildman–Crippen LogP) is 4.45. The number of carbonyl (C=O) groups excluding carboxylic acids is 2. The fourth-order valence-corrected chi connectivity index (χ4v) is 3.54. The molecule has 3 aromatic rings. The van der Waals surface area contributed by atoms with Gasteiger partial charge in [-0.15, -0.1) is 0 Å². The number of aromatic nitrogens is 1. The molecular formula is C23H27N3O4S. The highest BCUT2D eigenvalue weighted by molar-refractivity contribution is 7.98. The highest BCUT2D eigenvalue weighted by Gasteiger charge is 2.23. The molecule has 2 N–H and O–H groups in total. The minimum absolute atomic E-state index is 0.173. The molecule has 0 aliphatic heterocycles. The maximum atomic E-state index is 13.0. The van der Waals surface area contributed by atoms with Crippen LogP contribution >= 0.6 is 11.8 Å². The van der Waals surface area contributed by atoms with Crippen LogP contribution in [0, 0.1) is 0 Å². The van der Waals surface area contributed by atoms with Crippen LogP contribution in [0.25, 0.3) is 11.1 Å². The number of nitrogens with one attached hydrogen (secondary N) is 2. The molecule has 1 atom stereocenters. The lowest BCUT2D eigenvalue weighted by atomic mass is 10.1. The molecule has 7 nitrogen and oxygen atoms in total. The van der Waals surface area contributed by atoms with Crippen LogP contribution in [0.2, 0.25) is 0 Å². The van der Waals surface area contributed by atoms with Crippen LogP contribution < -0.4 is 15.4 Å². The summed E-state index contributed by atoms with van der Waals surface area (Å²) in [5.41, 5.74) is 2.34. The van der Waals surface area contributed by atoms with E-state index in [9.17, 15) is 9.59 Å². The Bertz CT molecular complexity index is 1060. The quantitative estimate of drug-likeness (QED) is 0.510. The first kappa shape index (κ1) is 22.7. The van der Waals surface area contributed by atoms with Crippen LogP contribution in [-0.2, 0) is 4.79 Å². The van der Waals surface area contributed by atoms with E-state index in [1.54, 1.807) is 54.2 Å². The number of rotatable bonds is 9. The number of carbonyl (C=O) groups is 2. The Morgan fingerprint density at radius 2 is 1.97 bits per heavy atom. The zero-order chi connectivity index (χ0) is 22.4. The summed E-state index contributed by atoms with van der Waals surface area (Å²) < 4.78 is 11.0. The van der Waals surface area contributed by atoms with Crippen LogP contribution in [0.15, 0.2) is 46.9 Å². The van der Waals surface area contributed by atoms with Gasteiger partial charge in [-0.05, 0) is 48.8 Å². The molecule has 2 aromatic carbocycles. The average Bonchev–Trinajstić information content (AvgIpc) is 3.20. The van der Waals surface area contributed by atoms with Gasteiger partial charge < -0.3 is 19.8 Å². The lowest BCUT2D eigenvalue weighted by molar-refractivity contribution is -0.118. The number of hydrogen-bond acceptors (Lipinski definition) is 6. The topological polar surface area (TPSA) is 93.5 Å². The smallest absolute Gasteiger partial charge is 0.255 e. The number of methoxy groups -OCH3 is 1. The molecular weight excluding hydrogens is 414 g/mol. The number of thioether (sulfide) groups is 1. The van der Waals surface area contributed by atoms with E-state index in [1.807, 2.05) is 20.1 Å². The zero-order valence-electron chi connectivity index (χ0n) is 18.1. The molecule has 164 valence electrons. The highest BCUT2D eigenvalue weighted by Crippen LogP contribution is 2.24. The summed E-state index contributed by atoms with van der Waals surface area (Å²) in [6, 6.07) is 11.6. The lowest BCUT2D eigenvalue weighted by Gasteiger charge is -2.19. The molecule has 0 bridgehead atoms. The van der Waals surface area contributed by atoms with Gasteiger partial charge >= 0.3 is 0 Å². The van der Waals surface area contributed by atoms with Gasteiger partial charge in [0.25, 0.3) is 5.91 Å². The van der Waals surface area contributed by atoms with E-state index in [4.69, 9.17) is 9.15 Å². The Labute approximate surface area is 185 Å². The van der Waals surface area contributed by atoms with Crippen molar-refractivity contribution in [3.8, 4) is 5.75 Å². The van der Waals surface area contributed by atoms with E-state index >= 15 is 0 Å². The van der Waals surface area contributed by atoms with E-state index in [1.165, 1.54) is 7.11 Å². The summed E-state index contributed by atoms with van der Waals surface area (Å²) >= 11 is 1.61. The van der Waals surface area contributed by atoms with Gasteiger partial charge in [0.05, 0.1) is 12.7 Å². The SMILES string of the molecule is COc1ccccc1C(=O)NC(CCSC)C(=O)Nc1ccc2oc(C(C)C)nc2c1. The van der Waals surface area contributed by atoms with Gasteiger partial charge in [0.15, 0.2) is 11.5 Å². The maximum absolute atomic E-state index is 13.0. The summed E-state index contributed by atoms with van der Waals surface area (Å²) in [5, 5.41) is 5.73. The number of amides is 2. The van der Waals surface area contributed by atoms with Gasteiger partial charge in [0.2, 0.25) is 5.91 Å². The van der Waals surface area contributed by atoms with Crippen molar-refractivity contribution in [2.24, 2.45) is 0 Å². The number of fused-ring (bicyclic) bond motifs is 1. The monoisotopic (exact) mass is 441 g/mol. The van der Waals surface area contributed by atoms with Gasteiger partial charge in [0.1, 0.15) is 17.3 Å². The summed E-state index contributed by atoms with van der Waals surface area (Å²) in [6.45, 7) is 4.02. The molecule has 0 fully saturated rings. The molecule has 2 amide bonds. The van der Waals surface area contributed by atoms with Crippen molar-refractivity contribution in [2.75, 3.05) is 24.4 Å². The first-order valence-corrected chi connectivity index (χ1v) is 11.5. The molecule has 0 saturated carbocycles. The van der Waals surface area contributed by atoms with E-state index in [0.717, 1.165) is 5.75 Å². The van der Waals surface area contributed by atoms with Gasteiger partial charge in [-0.2, -0.15) is 11.8 Å². The minimum atomic E-state index is -0.691. The third kappa shape index (κ3) is 5.58. The molecule has 8 heteroatoms. The molecule has 0 radical (unpaired) electrons. The fourth-order valence-electron chi connectivity index (χ4n) is 3.07. The Hall–Kier alpha value is -3.00. The molecule has 0 spiro atoms. The third-order valence-corrected chi connectivity index (χ3v) is 5.39. The van der Waals surface area contributed by atoms with Crippen molar-refractivity contribution >= 4 is 40.4 Å². The average molecular weight is 442 g/mol. The Kier molecular flexibility index (Phi) is 7.57. The molecule has 1 unspecified atom stereocenters. The van der Waals surface area contributed by atoms with E-state index in [0.29, 0.717) is 40.4 Å². The second-order valence-corrected chi connectivity index (χ2v) is 8.37. The standard InChI is InChI=1S/C23H27N3O4S/c1-14(2)23-26-18-13-15(9-10-20(18)30-23)24-22(28)17(11-12-31-4)25-21(27)16-7-5-6-8-19(16)29-3/h5-10,13-14,17H,11-12H2,1-4H3,(H,24,28)(H,25,27). The van der Waals surface area contributed by atoms with E-state index in [-0.39, 0.29) is 17.7 Å². The molecule has 0 saturated heterocycles. The Morgan fingerprint density at radius 1 is 1.19 bits per heavy atom. The number of ether oxygens (including phenoxy) is 1. The Morgan fingerprint density at radius 3 is 2.68 bits per heavy atom. The Balaban J connectivity index is 1.76. The van der Waals surface area contributed by atoms with Crippen molar-refractivity contribution in [3.63, 3.8) is 0 Å². The van der Waals surface area contributed by atoms with E-state index < -0.39 is 6.04 Å². The van der Waals surface area contributed by atoms with Gasteiger partial charge in [0, 0.05) is 11.6 Å². The molecule has 0 aliphatic carbocycles. The van der Waals surface area contributed by atoms with Gasteiger partial charge in [-0.25, -0.2) is 4.98 Å². The first-order chi connectivity index (χ1) is 14.9. The maximum Gasteiger partial charge on any atom is 0.255 e. The van der Waals surface area contributed by atoms with Gasteiger partial charge in [-0.3, -0.25) is 9.59 Å².